The summed E-state index contributed by atoms with van der Waals surface area (Å²) in [5, 5.41) is 13.2. The summed E-state index contributed by atoms with van der Waals surface area (Å²) in [4.78, 5) is 38.5. The lowest BCUT2D eigenvalue weighted by Crippen LogP contribution is -2.39. The Bertz CT molecular complexity index is 876. The van der Waals surface area contributed by atoms with E-state index in [0.717, 1.165) is 24.5 Å². The number of rotatable bonds is 4. The molecule has 7 nitrogen and oxygen atoms in total. The first-order valence-electron chi connectivity index (χ1n) is 8.21. The van der Waals surface area contributed by atoms with E-state index in [4.69, 9.17) is 0 Å². The van der Waals surface area contributed by atoms with E-state index in [9.17, 15) is 19.7 Å². The Morgan fingerprint density at radius 2 is 2.08 bits per heavy atom. The Hall–Kier alpha value is -2.74. The van der Waals surface area contributed by atoms with Crippen LogP contribution in [0.25, 0.3) is 0 Å². The number of nitro groups is 1. The average Bonchev–Trinajstić information content (AvgIpc) is 3.14. The van der Waals surface area contributed by atoms with Crippen molar-refractivity contribution in [3.05, 3.63) is 61.3 Å². The number of fused-ring (bicyclic) bond motifs is 1. The molecule has 0 fully saturated rings. The third kappa shape index (κ3) is 3.20. The third-order valence-electron chi connectivity index (χ3n) is 4.54. The van der Waals surface area contributed by atoms with Gasteiger partial charge in [0.2, 0.25) is 0 Å². The molecule has 0 bridgehead atoms. The molecule has 1 aliphatic heterocycles. The number of hydrogen-bond acceptors (Lipinski definition) is 6. The lowest BCUT2D eigenvalue weighted by atomic mass is 9.96. The number of nitro benzene ring substituents is 1. The van der Waals surface area contributed by atoms with Crippen LogP contribution in [-0.4, -0.2) is 35.4 Å². The van der Waals surface area contributed by atoms with Gasteiger partial charge in [-0.05, 0) is 35.9 Å². The smallest absolute Gasteiger partial charge is 0.338 e. The predicted molar refractivity (Wildman–Crippen MR) is 96.5 cm³/mol. The molecule has 8 heteroatoms. The van der Waals surface area contributed by atoms with E-state index >= 15 is 0 Å². The van der Waals surface area contributed by atoms with Gasteiger partial charge in [-0.3, -0.25) is 14.9 Å². The van der Waals surface area contributed by atoms with Crippen LogP contribution in [0.2, 0.25) is 0 Å². The van der Waals surface area contributed by atoms with Crippen molar-refractivity contribution < 1.29 is 19.2 Å². The molecule has 0 aliphatic carbocycles. The molecule has 0 saturated carbocycles. The molecule has 0 saturated heterocycles. The van der Waals surface area contributed by atoms with E-state index in [0.29, 0.717) is 6.54 Å². The maximum absolute atomic E-state index is 13.1. The summed E-state index contributed by atoms with van der Waals surface area (Å²) < 4.78 is 4.64. The van der Waals surface area contributed by atoms with Crippen molar-refractivity contribution >= 4 is 28.9 Å². The highest BCUT2D eigenvalue weighted by atomic mass is 32.1. The van der Waals surface area contributed by atoms with E-state index in [-0.39, 0.29) is 28.8 Å². The van der Waals surface area contributed by atoms with Crippen LogP contribution in [0.4, 0.5) is 5.69 Å². The Labute approximate surface area is 154 Å². The lowest BCUT2D eigenvalue weighted by molar-refractivity contribution is -0.384. The second-order valence-electron chi connectivity index (χ2n) is 5.99. The highest BCUT2D eigenvalue weighted by Gasteiger charge is 2.32. The number of nitrogens with zero attached hydrogens (tertiary/aromatic N) is 2. The van der Waals surface area contributed by atoms with Crippen molar-refractivity contribution in [2.45, 2.75) is 25.8 Å². The Morgan fingerprint density at radius 3 is 2.73 bits per heavy atom. The van der Waals surface area contributed by atoms with Crippen molar-refractivity contribution in [1.29, 1.82) is 0 Å². The Morgan fingerprint density at radius 1 is 1.35 bits per heavy atom. The summed E-state index contributed by atoms with van der Waals surface area (Å²) >= 11 is 1.68. The van der Waals surface area contributed by atoms with Crippen molar-refractivity contribution in [2.24, 2.45) is 0 Å². The van der Waals surface area contributed by atoms with Crippen LogP contribution in [0.3, 0.4) is 0 Å². The monoisotopic (exact) mass is 374 g/mol. The Kier molecular flexibility index (Phi) is 5.03. The zero-order valence-corrected chi connectivity index (χ0v) is 15.2. The first-order chi connectivity index (χ1) is 12.5. The molecule has 26 heavy (non-hydrogen) atoms. The number of methoxy groups -OCH3 is 1. The van der Waals surface area contributed by atoms with Crippen molar-refractivity contribution in [1.82, 2.24) is 4.90 Å². The van der Waals surface area contributed by atoms with Gasteiger partial charge in [0.1, 0.15) is 0 Å². The second kappa shape index (κ2) is 7.25. The fourth-order valence-corrected chi connectivity index (χ4v) is 4.25. The van der Waals surface area contributed by atoms with Crippen LogP contribution >= 0.6 is 11.3 Å². The van der Waals surface area contributed by atoms with E-state index < -0.39 is 10.9 Å². The summed E-state index contributed by atoms with van der Waals surface area (Å²) in [6.07, 6.45) is 1.50. The van der Waals surface area contributed by atoms with E-state index in [1.807, 2.05) is 18.4 Å². The summed E-state index contributed by atoms with van der Waals surface area (Å²) in [6.45, 7) is 2.55. The molecular weight excluding hydrogens is 356 g/mol. The zero-order chi connectivity index (χ0) is 18.8. The SMILES string of the molecule is CC[C@H]1c2ccsc2CCN1C(=O)c1cc(C(=O)OC)cc([N+](=O)[O-])c1. The number of non-ortho nitro benzene ring substituents is 1. The number of benzene rings is 1. The molecular formula is C18H18N2O5S. The van der Waals surface area contributed by atoms with Crippen LogP contribution in [0.5, 0.6) is 0 Å². The number of thiophene rings is 1. The van der Waals surface area contributed by atoms with Gasteiger partial charge in [-0.1, -0.05) is 6.92 Å². The highest BCUT2D eigenvalue weighted by Crippen LogP contribution is 2.36. The number of amides is 1. The van der Waals surface area contributed by atoms with E-state index in [2.05, 4.69) is 4.74 Å². The standard InChI is InChI=1S/C18H18N2O5S/c1-3-15-14-5-7-26-16(14)4-6-19(15)17(21)11-8-12(18(22)25-2)10-13(9-11)20(23)24/h5,7-10,15H,3-4,6H2,1-2H3/t15-/m0/s1. The molecule has 1 aromatic heterocycles. The average molecular weight is 374 g/mol. The minimum atomic E-state index is -0.714. The Balaban J connectivity index is 2.00. The molecule has 1 amide bonds. The molecule has 2 heterocycles. The molecule has 1 aromatic carbocycles. The summed E-state index contributed by atoms with van der Waals surface area (Å²) in [5.41, 5.74) is 0.941. The van der Waals surface area contributed by atoms with Gasteiger partial charge in [0.05, 0.1) is 23.6 Å². The summed E-state index contributed by atoms with van der Waals surface area (Å²) in [5.74, 6) is -1.03. The first-order valence-corrected chi connectivity index (χ1v) is 9.09. The largest absolute Gasteiger partial charge is 0.465 e. The molecule has 0 unspecified atom stereocenters. The number of carbonyl (C=O) groups excluding carboxylic acids is 2. The molecule has 0 spiro atoms. The van der Waals surface area contributed by atoms with Gasteiger partial charge in [-0.25, -0.2) is 4.79 Å². The van der Waals surface area contributed by atoms with Gasteiger partial charge in [-0.15, -0.1) is 11.3 Å². The second-order valence-corrected chi connectivity index (χ2v) is 6.99. The van der Waals surface area contributed by atoms with Crippen molar-refractivity contribution in [3.8, 4) is 0 Å². The van der Waals surface area contributed by atoms with Gasteiger partial charge in [0, 0.05) is 29.1 Å². The predicted octanol–water partition coefficient (Wildman–Crippen LogP) is 3.59. The van der Waals surface area contributed by atoms with Gasteiger partial charge < -0.3 is 9.64 Å². The quantitative estimate of drug-likeness (QED) is 0.463. The van der Waals surface area contributed by atoms with Gasteiger partial charge in [-0.2, -0.15) is 0 Å². The van der Waals surface area contributed by atoms with E-state index in [1.165, 1.54) is 24.1 Å². The molecule has 0 N–H and O–H groups in total. The van der Waals surface area contributed by atoms with Gasteiger partial charge in [0.25, 0.3) is 11.6 Å². The minimum absolute atomic E-state index is 0.00803. The van der Waals surface area contributed by atoms with Crippen LogP contribution in [0.1, 0.15) is 50.5 Å². The maximum atomic E-state index is 13.1. The lowest BCUT2D eigenvalue weighted by Gasteiger charge is -2.35. The normalized spacial score (nSPS) is 16.1. The number of esters is 1. The topological polar surface area (TPSA) is 89.8 Å². The number of carbonyl (C=O) groups is 2. The van der Waals surface area contributed by atoms with Crippen LogP contribution in [0.15, 0.2) is 29.6 Å². The van der Waals surface area contributed by atoms with Crippen LogP contribution in [-0.2, 0) is 11.2 Å². The molecule has 1 aliphatic rings. The van der Waals surface area contributed by atoms with Crippen LogP contribution in [0, 0.1) is 10.1 Å². The highest BCUT2D eigenvalue weighted by molar-refractivity contribution is 7.10. The first kappa shape index (κ1) is 18.1. The fraction of sp³-hybridized carbons (Fsp3) is 0.333. The summed E-state index contributed by atoms with van der Waals surface area (Å²) in [7, 11) is 1.19. The van der Waals surface area contributed by atoms with Crippen molar-refractivity contribution in [2.75, 3.05) is 13.7 Å². The third-order valence-corrected chi connectivity index (χ3v) is 5.54. The number of hydrogen-bond donors (Lipinski definition) is 0. The summed E-state index contributed by atoms with van der Waals surface area (Å²) in [6, 6.07) is 5.65. The van der Waals surface area contributed by atoms with Crippen LogP contribution < -0.4 is 0 Å². The fourth-order valence-electron chi connectivity index (χ4n) is 3.32. The number of ether oxygens (including phenoxy) is 1. The minimum Gasteiger partial charge on any atom is -0.465 e. The maximum Gasteiger partial charge on any atom is 0.338 e. The molecule has 1 atom stereocenters. The van der Waals surface area contributed by atoms with Gasteiger partial charge in [0.15, 0.2) is 0 Å². The molecule has 3 rings (SSSR count). The molecule has 136 valence electrons. The van der Waals surface area contributed by atoms with Crippen molar-refractivity contribution in [3.63, 3.8) is 0 Å². The molecule has 2 aromatic rings. The van der Waals surface area contributed by atoms with Gasteiger partial charge >= 0.3 is 5.97 Å². The van der Waals surface area contributed by atoms with E-state index in [1.54, 1.807) is 16.2 Å². The molecule has 0 radical (unpaired) electrons. The zero-order valence-electron chi connectivity index (χ0n) is 14.4.